The Hall–Kier alpha value is -0.620. The number of halogens is 2. The number of hydrogen-bond donors (Lipinski definition) is 2. The van der Waals surface area contributed by atoms with Crippen LogP contribution in [-0.2, 0) is 4.79 Å². The minimum atomic E-state index is -0.0143. The molecule has 0 saturated carbocycles. The van der Waals surface area contributed by atoms with Crippen molar-refractivity contribution in [2.24, 2.45) is 0 Å². The number of rotatable bonds is 6. The summed E-state index contributed by atoms with van der Waals surface area (Å²) >= 11 is 9.49. The van der Waals surface area contributed by atoms with Gasteiger partial charge in [0.2, 0.25) is 5.91 Å². The standard InChI is InChI=1S/C15H21BrClN3O/c1-2-7-20(12-5-6-18-9-12)10-15(21)19-14-4-3-11(16)8-13(14)17/h3-4,8,12,18H,2,5-7,9-10H2,1H3,(H,19,21). The second-order valence-corrected chi connectivity index (χ2v) is 6.61. The summed E-state index contributed by atoms with van der Waals surface area (Å²) in [6, 6.07) is 5.91. The van der Waals surface area contributed by atoms with Crippen LogP contribution in [0.3, 0.4) is 0 Å². The fourth-order valence-electron chi connectivity index (χ4n) is 2.59. The van der Waals surface area contributed by atoms with Crippen LogP contribution in [0.2, 0.25) is 5.02 Å². The number of carbonyl (C=O) groups excluding carboxylic acids is 1. The van der Waals surface area contributed by atoms with Gasteiger partial charge < -0.3 is 10.6 Å². The van der Waals surface area contributed by atoms with Gasteiger partial charge in [0.05, 0.1) is 17.3 Å². The van der Waals surface area contributed by atoms with Crippen molar-refractivity contribution in [2.45, 2.75) is 25.8 Å². The second-order valence-electron chi connectivity index (χ2n) is 5.29. The van der Waals surface area contributed by atoms with Gasteiger partial charge in [-0.15, -0.1) is 0 Å². The van der Waals surface area contributed by atoms with Crippen molar-refractivity contribution in [3.05, 3.63) is 27.7 Å². The highest BCUT2D eigenvalue weighted by atomic mass is 79.9. The smallest absolute Gasteiger partial charge is 0.238 e. The predicted octanol–water partition coefficient (Wildman–Crippen LogP) is 3.11. The molecule has 6 heteroatoms. The van der Waals surface area contributed by atoms with Gasteiger partial charge in [0.25, 0.3) is 0 Å². The Bertz CT molecular complexity index is 492. The molecule has 2 N–H and O–H groups in total. The summed E-state index contributed by atoms with van der Waals surface area (Å²) in [5.41, 5.74) is 0.658. The average Bonchev–Trinajstić information content (AvgIpc) is 2.95. The van der Waals surface area contributed by atoms with Gasteiger partial charge in [0.15, 0.2) is 0 Å². The molecule has 1 atom stereocenters. The van der Waals surface area contributed by atoms with Gasteiger partial charge >= 0.3 is 0 Å². The molecule has 0 spiro atoms. The van der Waals surface area contributed by atoms with E-state index in [9.17, 15) is 4.79 Å². The van der Waals surface area contributed by atoms with Gasteiger partial charge in [-0.3, -0.25) is 9.69 Å². The number of amides is 1. The summed E-state index contributed by atoms with van der Waals surface area (Å²) in [4.78, 5) is 14.5. The van der Waals surface area contributed by atoms with Gasteiger partial charge in [-0.1, -0.05) is 34.5 Å². The van der Waals surface area contributed by atoms with Crippen LogP contribution in [-0.4, -0.2) is 43.0 Å². The van der Waals surface area contributed by atoms with Gasteiger partial charge in [-0.2, -0.15) is 0 Å². The zero-order valence-electron chi connectivity index (χ0n) is 12.2. The number of anilines is 1. The Morgan fingerprint density at radius 2 is 2.38 bits per heavy atom. The van der Waals surface area contributed by atoms with Gasteiger partial charge in [-0.05, 0) is 44.1 Å². The van der Waals surface area contributed by atoms with E-state index in [1.807, 2.05) is 12.1 Å². The number of hydrogen-bond acceptors (Lipinski definition) is 3. The van der Waals surface area contributed by atoms with Crippen LogP contribution in [0.15, 0.2) is 22.7 Å². The first kappa shape index (κ1) is 16.7. The van der Waals surface area contributed by atoms with Crippen molar-refractivity contribution in [1.82, 2.24) is 10.2 Å². The van der Waals surface area contributed by atoms with E-state index in [0.717, 1.165) is 36.9 Å². The largest absolute Gasteiger partial charge is 0.324 e. The Balaban J connectivity index is 1.95. The number of carbonyl (C=O) groups is 1. The summed E-state index contributed by atoms with van der Waals surface area (Å²) in [6.45, 7) is 5.48. The fraction of sp³-hybridized carbons (Fsp3) is 0.533. The molecule has 0 bridgehead atoms. The molecule has 0 aromatic heterocycles. The van der Waals surface area contributed by atoms with E-state index in [4.69, 9.17) is 11.6 Å². The molecular formula is C15H21BrClN3O. The quantitative estimate of drug-likeness (QED) is 0.804. The van der Waals surface area contributed by atoms with Crippen LogP contribution in [0.5, 0.6) is 0 Å². The molecule has 1 aromatic rings. The SMILES string of the molecule is CCCN(CC(=O)Nc1ccc(Br)cc1Cl)C1CCNC1. The van der Waals surface area contributed by atoms with E-state index in [-0.39, 0.29) is 5.91 Å². The molecule has 1 amide bonds. The van der Waals surface area contributed by atoms with E-state index < -0.39 is 0 Å². The van der Waals surface area contributed by atoms with Crippen molar-refractivity contribution in [3.8, 4) is 0 Å². The van der Waals surface area contributed by atoms with Crippen molar-refractivity contribution >= 4 is 39.1 Å². The topological polar surface area (TPSA) is 44.4 Å². The Morgan fingerprint density at radius 1 is 1.57 bits per heavy atom. The zero-order valence-corrected chi connectivity index (χ0v) is 14.5. The first-order valence-electron chi connectivity index (χ1n) is 7.30. The van der Waals surface area contributed by atoms with E-state index in [2.05, 4.69) is 38.4 Å². The molecule has 21 heavy (non-hydrogen) atoms. The molecular weight excluding hydrogens is 354 g/mol. The third-order valence-electron chi connectivity index (χ3n) is 3.61. The summed E-state index contributed by atoms with van der Waals surface area (Å²) in [5.74, 6) is -0.0143. The number of nitrogens with one attached hydrogen (secondary N) is 2. The molecule has 1 aliphatic heterocycles. The van der Waals surface area contributed by atoms with E-state index >= 15 is 0 Å². The number of nitrogens with zero attached hydrogens (tertiary/aromatic N) is 1. The molecule has 1 aromatic carbocycles. The highest BCUT2D eigenvalue weighted by Gasteiger charge is 2.23. The van der Waals surface area contributed by atoms with Crippen molar-refractivity contribution in [2.75, 3.05) is 31.5 Å². The molecule has 0 radical (unpaired) electrons. The molecule has 1 saturated heterocycles. The lowest BCUT2D eigenvalue weighted by Gasteiger charge is -2.27. The molecule has 4 nitrogen and oxygen atoms in total. The Morgan fingerprint density at radius 3 is 3.00 bits per heavy atom. The normalized spacial score (nSPS) is 18.2. The van der Waals surface area contributed by atoms with Crippen LogP contribution in [0.4, 0.5) is 5.69 Å². The van der Waals surface area contributed by atoms with Crippen LogP contribution < -0.4 is 10.6 Å². The Kier molecular flexibility index (Phi) is 6.48. The highest BCUT2D eigenvalue weighted by molar-refractivity contribution is 9.10. The highest BCUT2D eigenvalue weighted by Crippen LogP contribution is 2.25. The van der Waals surface area contributed by atoms with Crippen molar-refractivity contribution in [3.63, 3.8) is 0 Å². The lowest BCUT2D eigenvalue weighted by molar-refractivity contribution is -0.117. The summed E-state index contributed by atoms with van der Waals surface area (Å²) < 4.78 is 0.898. The van der Waals surface area contributed by atoms with Crippen LogP contribution in [0, 0.1) is 0 Å². The van der Waals surface area contributed by atoms with E-state index in [0.29, 0.717) is 23.3 Å². The third-order valence-corrected chi connectivity index (χ3v) is 4.42. The molecule has 2 rings (SSSR count). The average molecular weight is 375 g/mol. The molecule has 1 fully saturated rings. The second kappa shape index (κ2) is 8.13. The van der Waals surface area contributed by atoms with Gasteiger partial charge in [0, 0.05) is 17.1 Å². The van der Waals surface area contributed by atoms with Gasteiger partial charge in [0.1, 0.15) is 0 Å². The zero-order chi connectivity index (χ0) is 15.2. The summed E-state index contributed by atoms with van der Waals surface area (Å²) in [7, 11) is 0. The first-order valence-corrected chi connectivity index (χ1v) is 8.47. The molecule has 116 valence electrons. The minimum Gasteiger partial charge on any atom is -0.324 e. The summed E-state index contributed by atoms with van der Waals surface area (Å²) in [6.07, 6.45) is 2.15. The first-order chi connectivity index (χ1) is 10.1. The Labute approximate surface area is 139 Å². The van der Waals surface area contributed by atoms with E-state index in [1.165, 1.54) is 0 Å². The minimum absolute atomic E-state index is 0.0143. The molecule has 1 aliphatic rings. The lowest BCUT2D eigenvalue weighted by Crippen LogP contribution is -2.42. The van der Waals surface area contributed by atoms with Crippen LogP contribution >= 0.6 is 27.5 Å². The molecule has 1 heterocycles. The molecule has 0 aliphatic carbocycles. The maximum atomic E-state index is 12.2. The predicted molar refractivity (Wildman–Crippen MR) is 90.9 cm³/mol. The maximum absolute atomic E-state index is 12.2. The maximum Gasteiger partial charge on any atom is 0.238 e. The summed E-state index contributed by atoms with van der Waals surface area (Å²) in [5, 5.41) is 6.79. The van der Waals surface area contributed by atoms with Gasteiger partial charge in [-0.25, -0.2) is 0 Å². The third kappa shape index (κ3) is 4.95. The lowest BCUT2D eigenvalue weighted by atomic mass is 10.2. The monoisotopic (exact) mass is 373 g/mol. The number of benzene rings is 1. The van der Waals surface area contributed by atoms with Crippen molar-refractivity contribution < 1.29 is 4.79 Å². The van der Waals surface area contributed by atoms with Crippen LogP contribution in [0.1, 0.15) is 19.8 Å². The van der Waals surface area contributed by atoms with E-state index in [1.54, 1.807) is 6.07 Å². The fourth-order valence-corrected chi connectivity index (χ4v) is 3.31. The molecule has 1 unspecified atom stereocenters. The van der Waals surface area contributed by atoms with Crippen molar-refractivity contribution in [1.29, 1.82) is 0 Å². The van der Waals surface area contributed by atoms with Crippen LogP contribution in [0.25, 0.3) is 0 Å².